The molecule has 2 amide bonds. The zero-order chi connectivity index (χ0) is 23.4. The van der Waals surface area contributed by atoms with Crippen LogP contribution in [0.1, 0.15) is 29.3 Å². The van der Waals surface area contributed by atoms with E-state index >= 15 is 0 Å². The van der Waals surface area contributed by atoms with Gasteiger partial charge in [-0.15, -0.1) is 0 Å². The van der Waals surface area contributed by atoms with Crippen molar-refractivity contribution in [1.29, 1.82) is 0 Å². The van der Waals surface area contributed by atoms with Gasteiger partial charge in [0.2, 0.25) is 5.91 Å². The van der Waals surface area contributed by atoms with E-state index in [-0.39, 0.29) is 24.8 Å². The Balaban J connectivity index is 1.51. The van der Waals surface area contributed by atoms with Crippen LogP contribution in [0.5, 0.6) is 0 Å². The molecule has 8 heteroatoms. The van der Waals surface area contributed by atoms with Gasteiger partial charge in [-0.2, -0.15) is 0 Å². The van der Waals surface area contributed by atoms with Gasteiger partial charge >= 0.3 is 5.97 Å². The third-order valence-electron chi connectivity index (χ3n) is 5.91. The van der Waals surface area contributed by atoms with Crippen LogP contribution in [-0.4, -0.2) is 64.9 Å². The Bertz CT molecular complexity index is 1160. The summed E-state index contributed by atoms with van der Waals surface area (Å²) < 4.78 is 5.08. The molecule has 1 atom stereocenters. The summed E-state index contributed by atoms with van der Waals surface area (Å²) in [7, 11) is 0. The molecular formula is C25H26ClN3O4. The Hall–Kier alpha value is -3.32. The Kier molecular flexibility index (Phi) is 6.99. The molecule has 1 aromatic heterocycles. The Morgan fingerprint density at radius 2 is 1.94 bits per heavy atom. The Labute approximate surface area is 197 Å². The van der Waals surface area contributed by atoms with Crippen molar-refractivity contribution >= 4 is 40.3 Å². The van der Waals surface area contributed by atoms with Crippen LogP contribution in [0.4, 0.5) is 0 Å². The van der Waals surface area contributed by atoms with E-state index in [1.165, 1.54) is 4.90 Å². The fourth-order valence-corrected chi connectivity index (χ4v) is 4.41. The lowest BCUT2D eigenvalue weighted by Crippen LogP contribution is -2.59. The first-order chi connectivity index (χ1) is 16.0. The summed E-state index contributed by atoms with van der Waals surface area (Å²) >= 11 is 6.15. The number of carbonyl (C=O) groups is 3. The van der Waals surface area contributed by atoms with Crippen molar-refractivity contribution in [2.24, 2.45) is 0 Å². The second-order valence-electron chi connectivity index (χ2n) is 7.97. The minimum absolute atomic E-state index is 0.162. The van der Waals surface area contributed by atoms with Crippen LogP contribution in [-0.2, 0) is 20.7 Å². The van der Waals surface area contributed by atoms with Crippen molar-refractivity contribution < 1.29 is 19.1 Å². The maximum Gasteiger partial charge on any atom is 0.308 e. The topological polar surface area (TPSA) is 82.7 Å². The molecule has 0 bridgehead atoms. The van der Waals surface area contributed by atoms with Crippen molar-refractivity contribution in [3.8, 4) is 0 Å². The number of benzene rings is 2. The molecule has 1 aliphatic heterocycles. The number of aromatic nitrogens is 1. The number of hydrogen-bond acceptors (Lipinski definition) is 4. The van der Waals surface area contributed by atoms with E-state index in [0.29, 0.717) is 36.6 Å². The van der Waals surface area contributed by atoms with Gasteiger partial charge in [0.05, 0.1) is 13.0 Å². The zero-order valence-corrected chi connectivity index (χ0v) is 19.2. The van der Waals surface area contributed by atoms with Gasteiger partial charge in [0.1, 0.15) is 6.04 Å². The van der Waals surface area contributed by atoms with E-state index < -0.39 is 12.0 Å². The van der Waals surface area contributed by atoms with E-state index in [2.05, 4.69) is 4.98 Å². The molecule has 7 nitrogen and oxygen atoms in total. The molecular weight excluding hydrogens is 442 g/mol. The normalized spacial score (nSPS) is 16.3. The fourth-order valence-electron chi connectivity index (χ4n) is 4.24. The van der Waals surface area contributed by atoms with E-state index in [0.717, 1.165) is 16.5 Å². The van der Waals surface area contributed by atoms with Crippen molar-refractivity contribution in [3.63, 3.8) is 0 Å². The molecule has 1 saturated heterocycles. The number of esters is 1. The van der Waals surface area contributed by atoms with Gasteiger partial charge < -0.3 is 19.5 Å². The summed E-state index contributed by atoms with van der Waals surface area (Å²) in [5, 5.41) is 1.68. The summed E-state index contributed by atoms with van der Waals surface area (Å²) in [4.78, 5) is 45.2. The van der Waals surface area contributed by atoms with Crippen LogP contribution in [0, 0.1) is 0 Å². The molecule has 2 heterocycles. The lowest BCUT2D eigenvalue weighted by atomic mass is 10.0. The number of H-pyrrole nitrogens is 1. The van der Waals surface area contributed by atoms with Gasteiger partial charge in [-0.05, 0) is 49.2 Å². The highest BCUT2D eigenvalue weighted by Crippen LogP contribution is 2.24. The minimum atomic E-state index is -0.886. The first-order valence-corrected chi connectivity index (χ1v) is 11.4. The highest BCUT2D eigenvalue weighted by Gasteiger charge is 2.39. The molecule has 2 aromatic carbocycles. The predicted octanol–water partition coefficient (Wildman–Crippen LogP) is 3.67. The van der Waals surface area contributed by atoms with E-state index in [4.69, 9.17) is 16.3 Å². The third kappa shape index (κ3) is 5.03. The van der Waals surface area contributed by atoms with E-state index in [1.807, 2.05) is 30.5 Å². The molecule has 0 aliphatic carbocycles. The van der Waals surface area contributed by atoms with Crippen LogP contribution in [0.3, 0.4) is 0 Å². The minimum Gasteiger partial charge on any atom is -0.466 e. The maximum atomic E-state index is 13.4. The summed E-state index contributed by atoms with van der Waals surface area (Å²) in [6.07, 6.45) is 2.39. The second-order valence-corrected chi connectivity index (χ2v) is 8.41. The van der Waals surface area contributed by atoms with Gasteiger partial charge in [0.25, 0.3) is 5.91 Å². The number of rotatable bonds is 7. The zero-order valence-electron chi connectivity index (χ0n) is 18.4. The van der Waals surface area contributed by atoms with Crippen molar-refractivity contribution in [2.75, 3.05) is 26.2 Å². The second kappa shape index (κ2) is 10.1. The highest BCUT2D eigenvalue weighted by molar-refractivity contribution is 6.31. The number of piperazine rings is 1. The molecule has 1 aliphatic rings. The van der Waals surface area contributed by atoms with Gasteiger partial charge in [0.15, 0.2) is 0 Å². The molecule has 33 heavy (non-hydrogen) atoms. The number of fused-ring (bicyclic) bond motifs is 1. The number of hydrogen-bond donors (Lipinski definition) is 1. The van der Waals surface area contributed by atoms with Crippen LogP contribution < -0.4 is 0 Å². The number of aromatic amines is 1. The fraction of sp³-hybridized carbons (Fsp3) is 0.320. The van der Waals surface area contributed by atoms with Crippen LogP contribution >= 0.6 is 11.6 Å². The van der Waals surface area contributed by atoms with Crippen molar-refractivity contribution in [1.82, 2.24) is 14.8 Å². The summed E-state index contributed by atoms with van der Waals surface area (Å²) in [5.41, 5.74) is 2.53. The quantitative estimate of drug-likeness (QED) is 0.537. The third-order valence-corrected chi connectivity index (χ3v) is 6.15. The molecule has 1 unspecified atom stereocenters. The molecule has 3 aromatic rings. The maximum absolute atomic E-state index is 13.4. The van der Waals surface area contributed by atoms with E-state index in [1.54, 1.807) is 36.1 Å². The highest BCUT2D eigenvalue weighted by atomic mass is 35.5. The number of amides is 2. The molecule has 0 radical (unpaired) electrons. The summed E-state index contributed by atoms with van der Waals surface area (Å²) in [6.45, 7) is 3.17. The molecule has 4 rings (SSSR count). The number of carbonyl (C=O) groups excluding carboxylic acids is 3. The lowest BCUT2D eigenvalue weighted by Gasteiger charge is -2.40. The summed E-state index contributed by atoms with van der Waals surface area (Å²) in [5.74, 6) is -0.990. The van der Waals surface area contributed by atoms with Crippen LogP contribution in [0.15, 0.2) is 54.7 Å². The number of ether oxygens (including phenoxy) is 1. The average molecular weight is 468 g/mol. The average Bonchev–Trinajstić information content (AvgIpc) is 3.22. The Morgan fingerprint density at radius 1 is 1.15 bits per heavy atom. The first kappa shape index (κ1) is 22.9. The number of nitrogens with one attached hydrogen (secondary N) is 1. The van der Waals surface area contributed by atoms with Gasteiger partial charge in [0, 0.05) is 47.3 Å². The largest absolute Gasteiger partial charge is 0.466 e. The molecule has 0 saturated carbocycles. The monoisotopic (exact) mass is 467 g/mol. The standard InChI is InChI=1S/C25H26ClN3O4/c1-2-33-23(30)15-22-25(32)28(12-13-29(22)24(31)17-6-4-3-5-7-17)11-10-18-16-27-21-9-8-19(26)14-20(18)21/h3-9,14,16,22,27H,2,10-13,15H2,1H3. The van der Waals surface area contributed by atoms with Gasteiger partial charge in [-0.1, -0.05) is 29.8 Å². The molecule has 1 N–H and O–H groups in total. The molecule has 172 valence electrons. The molecule has 0 spiro atoms. The SMILES string of the molecule is CCOC(=O)CC1C(=O)N(CCc2c[nH]c3ccc(Cl)cc23)CCN1C(=O)c1ccccc1. The summed E-state index contributed by atoms with van der Waals surface area (Å²) in [6, 6.07) is 13.6. The van der Waals surface area contributed by atoms with Crippen molar-refractivity contribution in [2.45, 2.75) is 25.8 Å². The van der Waals surface area contributed by atoms with Gasteiger partial charge in [-0.3, -0.25) is 14.4 Å². The predicted molar refractivity (Wildman–Crippen MR) is 126 cm³/mol. The van der Waals surface area contributed by atoms with Crippen molar-refractivity contribution in [3.05, 3.63) is 70.9 Å². The number of halogens is 1. The van der Waals surface area contributed by atoms with Gasteiger partial charge in [-0.25, -0.2) is 0 Å². The van der Waals surface area contributed by atoms with Crippen LogP contribution in [0.25, 0.3) is 10.9 Å². The first-order valence-electron chi connectivity index (χ1n) is 11.0. The smallest absolute Gasteiger partial charge is 0.308 e. The van der Waals surface area contributed by atoms with Crippen LogP contribution in [0.2, 0.25) is 5.02 Å². The van der Waals surface area contributed by atoms with E-state index in [9.17, 15) is 14.4 Å². The number of nitrogens with zero attached hydrogens (tertiary/aromatic N) is 2. The Morgan fingerprint density at radius 3 is 2.70 bits per heavy atom. The lowest BCUT2D eigenvalue weighted by molar-refractivity contribution is -0.151. The molecule has 1 fully saturated rings.